The third-order valence-corrected chi connectivity index (χ3v) is 3.11. The van der Waals surface area contributed by atoms with Gasteiger partial charge in [0.25, 0.3) is 0 Å². The molecule has 0 aliphatic heterocycles. The van der Waals surface area contributed by atoms with E-state index in [1.165, 1.54) is 37.7 Å². The number of nitrogens with two attached hydrogens (primary N) is 1. The predicted molar refractivity (Wildman–Crippen MR) is 75.0 cm³/mol. The topological polar surface area (TPSA) is 38.0 Å². The van der Waals surface area contributed by atoms with Gasteiger partial charge in [-0.2, -0.15) is 0 Å². The molecule has 3 N–H and O–H groups in total. The van der Waals surface area contributed by atoms with Crippen molar-refractivity contribution in [2.24, 2.45) is 5.73 Å². The fourth-order valence-electron chi connectivity index (χ4n) is 2.03. The van der Waals surface area contributed by atoms with E-state index < -0.39 is 0 Å². The fourth-order valence-corrected chi connectivity index (χ4v) is 2.03. The summed E-state index contributed by atoms with van der Waals surface area (Å²) in [7, 11) is 0. The van der Waals surface area contributed by atoms with Gasteiger partial charge in [0.2, 0.25) is 0 Å². The molecular weight excluding hydrogens is 208 g/mol. The lowest BCUT2D eigenvalue weighted by molar-refractivity contribution is 0.511. The molecule has 0 saturated heterocycles. The Kier molecular flexibility index (Phi) is 7.69. The van der Waals surface area contributed by atoms with Crippen molar-refractivity contribution in [3.05, 3.63) is 35.9 Å². The van der Waals surface area contributed by atoms with Crippen LogP contribution in [0, 0.1) is 0 Å². The van der Waals surface area contributed by atoms with Crippen LogP contribution in [0.15, 0.2) is 30.3 Å². The van der Waals surface area contributed by atoms with Crippen molar-refractivity contribution in [3.63, 3.8) is 0 Å². The monoisotopic (exact) mass is 234 g/mol. The first-order valence-corrected chi connectivity index (χ1v) is 6.87. The first kappa shape index (κ1) is 14.2. The van der Waals surface area contributed by atoms with E-state index in [0.717, 1.165) is 6.54 Å². The summed E-state index contributed by atoms with van der Waals surface area (Å²) in [5, 5.41) is 3.54. The highest BCUT2D eigenvalue weighted by Crippen LogP contribution is 2.11. The van der Waals surface area contributed by atoms with E-state index in [1.54, 1.807) is 0 Å². The van der Waals surface area contributed by atoms with E-state index >= 15 is 0 Å². The lowest BCUT2D eigenvalue weighted by Crippen LogP contribution is -2.28. The highest BCUT2D eigenvalue weighted by Gasteiger charge is 2.06. The Morgan fingerprint density at radius 2 is 1.76 bits per heavy atom. The summed E-state index contributed by atoms with van der Waals surface area (Å²) < 4.78 is 0. The molecule has 96 valence electrons. The van der Waals surface area contributed by atoms with Gasteiger partial charge >= 0.3 is 0 Å². The molecule has 2 nitrogen and oxygen atoms in total. The Balaban J connectivity index is 2.20. The van der Waals surface area contributed by atoms with Crippen LogP contribution >= 0.6 is 0 Å². The molecule has 0 bridgehead atoms. The summed E-state index contributed by atoms with van der Waals surface area (Å²) in [5.41, 5.74) is 7.10. The molecule has 1 rings (SSSR count). The third kappa shape index (κ3) is 5.85. The van der Waals surface area contributed by atoms with Crippen LogP contribution in [0.5, 0.6) is 0 Å². The molecule has 17 heavy (non-hydrogen) atoms. The van der Waals surface area contributed by atoms with Crippen LogP contribution in [0.25, 0.3) is 0 Å². The fraction of sp³-hybridized carbons (Fsp3) is 0.600. The largest absolute Gasteiger partial charge is 0.329 e. The van der Waals surface area contributed by atoms with Crippen molar-refractivity contribution in [2.75, 3.05) is 13.1 Å². The minimum absolute atomic E-state index is 0.308. The van der Waals surface area contributed by atoms with Crippen LogP contribution in [0.1, 0.15) is 50.6 Å². The van der Waals surface area contributed by atoms with Crippen molar-refractivity contribution in [1.29, 1.82) is 0 Å². The van der Waals surface area contributed by atoms with Crippen LogP contribution in [0.4, 0.5) is 0 Å². The molecule has 0 amide bonds. The minimum Gasteiger partial charge on any atom is -0.329 e. The molecule has 0 spiro atoms. The molecule has 0 aliphatic carbocycles. The molecule has 1 aromatic rings. The van der Waals surface area contributed by atoms with Crippen LogP contribution in [-0.2, 0) is 0 Å². The molecule has 0 fully saturated rings. The first-order chi connectivity index (χ1) is 8.38. The lowest BCUT2D eigenvalue weighted by atomic mass is 10.1. The van der Waals surface area contributed by atoms with Gasteiger partial charge in [0, 0.05) is 12.6 Å². The maximum Gasteiger partial charge on any atom is 0.0444 e. The van der Waals surface area contributed by atoms with E-state index in [-0.39, 0.29) is 0 Å². The van der Waals surface area contributed by atoms with Crippen LogP contribution < -0.4 is 11.1 Å². The Morgan fingerprint density at radius 1 is 1.06 bits per heavy atom. The number of rotatable bonds is 9. The Hall–Kier alpha value is -0.860. The summed E-state index contributed by atoms with van der Waals surface area (Å²) in [6, 6.07) is 10.8. The molecule has 1 atom stereocenters. The van der Waals surface area contributed by atoms with Gasteiger partial charge in [-0.3, -0.25) is 0 Å². The van der Waals surface area contributed by atoms with E-state index in [0.29, 0.717) is 12.6 Å². The van der Waals surface area contributed by atoms with Crippen LogP contribution in [-0.4, -0.2) is 13.1 Å². The zero-order chi connectivity index (χ0) is 12.3. The van der Waals surface area contributed by atoms with E-state index in [1.807, 2.05) is 6.07 Å². The second-order valence-corrected chi connectivity index (χ2v) is 4.57. The number of unbranched alkanes of at least 4 members (excludes halogenated alkanes) is 4. The van der Waals surface area contributed by atoms with Gasteiger partial charge in [0.15, 0.2) is 0 Å². The first-order valence-electron chi connectivity index (χ1n) is 6.87. The Bertz CT molecular complexity index is 272. The zero-order valence-corrected chi connectivity index (χ0v) is 11.0. The summed E-state index contributed by atoms with van der Waals surface area (Å²) in [6.45, 7) is 3.98. The number of benzene rings is 1. The average Bonchev–Trinajstić information content (AvgIpc) is 2.39. The smallest absolute Gasteiger partial charge is 0.0444 e. The van der Waals surface area contributed by atoms with E-state index in [2.05, 4.69) is 36.5 Å². The SMILES string of the molecule is CCCCCCCNC(CN)c1ccccc1. The molecule has 0 saturated carbocycles. The molecule has 2 heteroatoms. The quantitative estimate of drug-likeness (QED) is 0.644. The van der Waals surface area contributed by atoms with Gasteiger partial charge in [-0.15, -0.1) is 0 Å². The van der Waals surface area contributed by atoms with Gasteiger partial charge in [-0.05, 0) is 18.5 Å². The molecule has 0 aromatic heterocycles. The van der Waals surface area contributed by atoms with Crippen LogP contribution in [0.3, 0.4) is 0 Å². The normalized spacial score (nSPS) is 12.6. The highest BCUT2D eigenvalue weighted by molar-refractivity contribution is 5.19. The number of nitrogens with one attached hydrogen (secondary N) is 1. The molecular formula is C15H26N2. The summed E-state index contributed by atoms with van der Waals surface area (Å²) in [4.78, 5) is 0. The van der Waals surface area contributed by atoms with Crippen molar-refractivity contribution in [2.45, 2.75) is 45.1 Å². The molecule has 0 radical (unpaired) electrons. The summed E-state index contributed by atoms with van der Waals surface area (Å²) in [6.07, 6.45) is 6.61. The van der Waals surface area contributed by atoms with Crippen molar-refractivity contribution in [3.8, 4) is 0 Å². The van der Waals surface area contributed by atoms with E-state index in [9.17, 15) is 0 Å². The Labute approximate surface area is 106 Å². The maximum absolute atomic E-state index is 5.80. The lowest BCUT2D eigenvalue weighted by Gasteiger charge is -2.17. The second-order valence-electron chi connectivity index (χ2n) is 4.57. The highest BCUT2D eigenvalue weighted by atomic mass is 14.9. The van der Waals surface area contributed by atoms with Crippen molar-refractivity contribution >= 4 is 0 Å². The van der Waals surface area contributed by atoms with Crippen molar-refractivity contribution < 1.29 is 0 Å². The van der Waals surface area contributed by atoms with Gasteiger partial charge < -0.3 is 11.1 Å². The third-order valence-electron chi connectivity index (χ3n) is 3.11. The van der Waals surface area contributed by atoms with Gasteiger partial charge in [-0.1, -0.05) is 62.9 Å². The molecule has 0 aliphatic rings. The van der Waals surface area contributed by atoms with Gasteiger partial charge in [-0.25, -0.2) is 0 Å². The van der Waals surface area contributed by atoms with Crippen molar-refractivity contribution in [1.82, 2.24) is 5.32 Å². The number of hydrogen-bond donors (Lipinski definition) is 2. The number of hydrogen-bond acceptors (Lipinski definition) is 2. The average molecular weight is 234 g/mol. The summed E-state index contributed by atoms with van der Waals surface area (Å²) >= 11 is 0. The summed E-state index contributed by atoms with van der Waals surface area (Å²) in [5.74, 6) is 0. The minimum atomic E-state index is 0.308. The molecule has 0 heterocycles. The van der Waals surface area contributed by atoms with Crippen LogP contribution in [0.2, 0.25) is 0 Å². The Morgan fingerprint density at radius 3 is 2.41 bits per heavy atom. The van der Waals surface area contributed by atoms with Gasteiger partial charge in [0.05, 0.1) is 0 Å². The second kappa shape index (κ2) is 9.20. The molecule has 1 aromatic carbocycles. The van der Waals surface area contributed by atoms with E-state index in [4.69, 9.17) is 5.73 Å². The zero-order valence-electron chi connectivity index (χ0n) is 11.0. The predicted octanol–water partition coefficient (Wildman–Crippen LogP) is 3.25. The van der Waals surface area contributed by atoms with Gasteiger partial charge in [0.1, 0.15) is 0 Å². The maximum atomic E-state index is 5.80. The standard InChI is InChI=1S/C15H26N2/c1-2-3-4-5-9-12-17-15(13-16)14-10-7-6-8-11-14/h6-8,10-11,15,17H,2-5,9,12-13,16H2,1H3. The molecule has 1 unspecified atom stereocenters.